The monoisotopic (exact) mass is 332 g/mol. The summed E-state index contributed by atoms with van der Waals surface area (Å²) in [6, 6.07) is 4.95. The number of rotatable bonds is 3. The number of nitrogens with zero attached hydrogens (tertiary/aromatic N) is 3. The molecule has 6 nitrogen and oxygen atoms in total. The van der Waals surface area contributed by atoms with Crippen molar-refractivity contribution in [2.24, 2.45) is 0 Å². The van der Waals surface area contributed by atoms with Gasteiger partial charge in [-0.2, -0.15) is 0 Å². The van der Waals surface area contributed by atoms with Gasteiger partial charge in [-0.15, -0.1) is 0 Å². The molecule has 1 aromatic heterocycles. The number of aromatic nitrogens is 2. The minimum atomic E-state index is -0.415. The molecule has 0 aliphatic carbocycles. The number of anilines is 1. The Morgan fingerprint density at radius 2 is 2.08 bits per heavy atom. The van der Waals surface area contributed by atoms with E-state index in [-0.39, 0.29) is 11.9 Å². The predicted molar refractivity (Wildman–Crippen MR) is 88.5 cm³/mol. The second kappa shape index (κ2) is 6.58. The van der Waals surface area contributed by atoms with Gasteiger partial charge in [-0.3, -0.25) is 0 Å². The van der Waals surface area contributed by atoms with Crippen molar-refractivity contribution < 1.29 is 14.2 Å². The summed E-state index contributed by atoms with van der Waals surface area (Å²) < 4.78 is 18.7. The largest absolute Gasteiger partial charge is 0.389 e. The molecule has 0 saturated carbocycles. The predicted octanol–water partition coefficient (Wildman–Crippen LogP) is 1.09. The number of aliphatic hydroxyl groups is 1. The van der Waals surface area contributed by atoms with Gasteiger partial charge >= 0.3 is 0 Å². The zero-order valence-corrected chi connectivity index (χ0v) is 13.4. The van der Waals surface area contributed by atoms with Crippen LogP contribution in [0, 0.1) is 5.82 Å². The normalized spacial score (nSPS) is 25.5. The maximum atomic E-state index is 13.4. The first-order valence-corrected chi connectivity index (χ1v) is 8.38. The van der Waals surface area contributed by atoms with Crippen LogP contribution in [0.5, 0.6) is 0 Å². The lowest BCUT2D eigenvalue weighted by Gasteiger charge is -2.34. The van der Waals surface area contributed by atoms with Crippen molar-refractivity contribution in [3.05, 3.63) is 30.2 Å². The molecule has 4 rings (SSSR count). The summed E-state index contributed by atoms with van der Waals surface area (Å²) in [6.45, 7) is 2.66. The van der Waals surface area contributed by atoms with Crippen LogP contribution in [-0.4, -0.2) is 59.6 Å². The third-order valence-corrected chi connectivity index (χ3v) is 4.81. The maximum Gasteiger partial charge on any atom is 0.225 e. The van der Waals surface area contributed by atoms with Crippen LogP contribution in [0.3, 0.4) is 0 Å². The first kappa shape index (κ1) is 15.7. The fourth-order valence-electron chi connectivity index (χ4n) is 3.39. The van der Waals surface area contributed by atoms with Crippen molar-refractivity contribution in [1.82, 2.24) is 15.3 Å². The fourth-order valence-corrected chi connectivity index (χ4v) is 3.39. The molecular formula is C17H21FN4O2. The molecule has 2 atom stereocenters. The molecule has 2 aromatic rings. The van der Waals surface area contributed by atoms with Crippen LogP contribution in [-0.2, 0) is 4.74 Å². The number of benzene rings is 1. The molecule has 0 amide bonds. The second-order valence-corrected chi connectivity index (χ2v) is 6.51. The smallest absolute Gasteiger partial charge is 0.225 e. The van der Waals surface area contributed by atoms with Crippen LogP contribution in [0.1, 0.15) is 12.8 Å². The Hall–Kier alpha value is -1.83. The average molecular weight is 332 g/mol. The van der Waals surface area contributed by atoms with Gasteiger partial charge in [0.2, 0.25) is 5.95 Å². The minimum absolute atomic E-state index is 0.0291. The van der Waals surface area contributed by atoms with Gasteiger partial charge in [0, 0.05) is 36.8 Å². The van der Waals surface area contributed by atoms with E-state index in [4.69, 9.17) is 4.74 Å². The molecule has 0 unspecified atom stereocenters. The number of hydrogen-bond donors (Lipinski definition) is 2. The third kappa shape index (κ3) is 3.19. The molecule has 0 radical (unpaired) electrons. The molecular weight excluding hydrogens is 311 g/mol. The van der Waals surface area contributed by atoms with E-state index in [1.807, 2.05) is 0 Å². The summed E-state index contributed by atoms with van der Waals surface area (Å²) in [6.07, 6.45) is 3.23. The molecule has 7 heteroatoms. The SMILES string of the molecule is O[C@H]1COC[C@@H]1NC1CCN(c2ncc3ccc(F)cc3n2)CC1. The summed E-state index contributed by atoms with van der Waals surface area (Å²) >= 11 is 0. The highest BCUT2D eigenvalue weighted by Crippen LogP contribution is 2.20. The van der Waals surface area contributed by atoms with E-state index >= 15 is 0 Å². The van der Waals surface area contributed by atoms with E-state index in [0.29, 0.717) is 30.7 Å². The molecule has 3 heterocycles. The van der Waals surface area contributed by atoms with Crippen LogP contribution < -0.4 is 10.2 Å². The Morgan fingerprint density at radius 1 is 1.25 bits per heavy atom. The summed E-state index contributed by atoms with van der Waals surface area (Å²) in [5, 5.41) is 14.1. The first-order chi connectivity index (χ1) is 11.7. The molecule has 128 valence electrons. The van der Waals surface area contributed by atoms with Crippen molar-refractivity contribution in [3.63, 3.8) is 0 Å². The number of nitrogens with one attached hydrogen (secondary N) is 1. The molecule has 2 aliphatic heterocycles. The highest BCUT2D eigenvalue weighted by atomic mass is 19.1. The lowest BCUT2D eigenvalue weighted by atomic mass is 10.0. The fraction of sp³-hybridized carbons (Fsp3) is 0.529. The van der Waals surface area contributed by atoms with Gasteiger partial charge in [0.25, 0.3) is 0 Å². The molecule has 2 N–H and O–H groups in total. The minimum Gasteiger partial charge on any atom is -0.389 e. The summed E-state index contributed by atoms with van der Waals surface area (Å²) in [4.78, 5) is 11.0. The Balaban J connectivity index is 1.40. The van der Waals surface area contributed by atoms with Crippen molar-refractivity contribution in [2.75, 3.05) is 31.2 Å². The highest BCUT2D eigenvalue weighted by molar-refractivity contribution is 5.78. The molecule has 0 bridgehead atoms. The maximum absolute atomic E-state index is 13.4. The lowest BCUT2D eigenvalue weighted by molar-refractivity contribution is 0.120. The first-order valence-electron chi connectivity index (χ1n) is 8.38. The van der Waals surface area contributed by atoms with Gasteiger partial charge in [0.05, 0.1) is 30.9 Å². The van der Waals surface area contributed by atoms with Gasteiger partial charge in [0.1, 0.15) is 5.82 Å². The number of aliphatic hydroxyl groups excluding tert-OH is 1. The Bertz CT molecular complexity index is 721. The number of fused-ring (bicyclic) bond motifs is 1. The second-order valence-electron chi connectivity index (χ2n) is 6.51. The molecule has 2 fully saturated rings. The van der Waals surface area contributed by atoms with Gasteiger partial charge in [-0.1, -0.05) is 0 Å². The zero-order valence-electron chi connectivity index (χ0n) is 13.4. The average Bonchev–Trinajstić information content (AvgIpc) is 3.00. The summed E-state index contributed by atoms with van der Waals surface area (Å²) in [7, 11) is 0. The summed E-state index contributed by atoms with van der Waals surface area (Å²) in [5.41, 5.74) is 0.631. The van der Waals surface area contributed by atoms with E-state index in [1.54, 1.807) is 12.3 Å². The lowest BCUT2D eigenvalue weighted by Crippen LogP contribution is -2.50. The number of hydrogen-bond acceptors (Lipinski definition) is 6. The van der Waals surface area contributed by atoms with Crippen LogP contribution in [0.2, 0.25) is 0 Å². The van der Waals surface area contributed by atoms with Gasteiger partial charge in [-0.25, -0.2) is 14.4 Å². The molecule has 2 aliphatic rings. The molecule has 1 aromatic carbocycles. The zero-order chi connectivity index (χ0) is 16.5. The number of piperidine rings is 1. The Labute approximate surface area is 139 Å². The van der Waals surface area contributed by atoms with Gasteiger partial charge in [-0.05, 0) is 25.0 Å². The molecule has 24 heavy (non-hydrogen) atoms. The molecule has 0 spiro atoms. The third-order valence-electron chi connectivity index (χ3n) is 4.81. The van der Waals surface area contributed by atoms with E-state index in [1.165, 1.54) is 12.1 Å². The van der Waals surface area contributed by atoms with Crippen molar-refractivity contribution in [3.8, 4) is 0 Å². The topological polar surface area (TPSA) is 70.5 Å². The van der Waals surface area contributed by atoms with E-state index in [2.05, 4.69) is 20.2 Å². The van der Waals surface area contributed by atoms with Gasteiger partial charge in [0.15, 0.2) is 0 Å². The van der Waals surface area contributed by atoms with Crippen molar-refractivity contribution in [1.29, 1.82) is 0 Å². The van der Waals surface area contributed by atoms with Crippen molar-refractivity contribution >= 4 is 16.9 Å². The van der Waals surface area contributed by atoms with E-state index in [0.717, 1.165) is 31.3 Å². The standard InChI is InChI=1S/C17H21FN4O2/c18-12-2-1-11-8-19-17(21-14(11)7-12)22-5-3-13(4-6-22)20-15-9-24-10-16(15)23/h1-2,7-8,13,15-16,20,23H,3-6,9-10H2/t15-,16-/m0/s1. The Kier molecular flexibility index (Phi) is 4.30. The van der Waals surface area contributed by atoms with Gasteiger partial charge < -0.3 is 20.1 Å². The van der Waals surface area contributed by atoms with Crippen LogP contribution in [0.15, 0.2) is 24.4 Å². The molecule has 2 saturated heterocycles. The Morgan fingerprint density at radius 3 is 2.83 bits per heavy atom. The van der Waals surface area contributed by atoms with E-state index < -0.39 is 6.10 Å². The quantitative estimate of drug-likeness (QED) is 0.877. The summed E-state index contributed by atoms with van der Waals surface area (Å²) in [5.74, 6) is 0.364. The van der Waals surface area contributed by atoms with Crippen LogP contribution in [0.4, 0.5) is 10.3 Å². The highest BCUT2D eigenvalue weighted by Gasteiger charge is 2.30. The number of ether oxygens (including phenoxy) is 1. The van der Waals surface area contributed by atoms with E-state index in [9.17, 15) is 9.50 Å². The number of halogens is 1. The van der Waals surface area contributed by atoms with Crippen LogP contribution >= 0.6 is 0 Å². The van der Waals surface area contributed by atoms with Crippen LogP contribution in [0.25, 0.3) is 10.9 Å². The van der Waals surface area contributed by atoms with Crippen molar-refractivity contribution in [2.45, 2.75) is 31.0 Å².